The number of anilines is 3. The third-order valence-electron chi connectivity index (χ3n) is 2.42. The van der Waals surface area contributed by atoms with Crippen molar-refractivity contribution in [2.75, 3.05) is 16.9 Å². The van der Waals surface area contributed by atoms with Crippen LogP contribution in [0.3, 0.4) is 0 Å². The topological polar surface area (TPSA) is 115 Å². The fraction of sp³-hybridized carbons (Fsp3) is 0.167. The van der Waals surface area contributed by atoms with Crippen molar-refractivity contribution in [2.24, 2.45) is 5.10 Å². The van der Waals surface area contributed by atoms with E-state index < -0.39 is 0 Å². The standard InChI is InChI=1S/C12H15N7/c1-7(9-3-5-10(13)6-4-9)18-19-12-16-8(2)15-11(14)17-12/h3-6H,13H2,1-2H3,(H3,14,15,16,17,19). The molecule has 98 valence electrons. The molecule has 0 aliphatic heterocycles. The molecule has 0 unspecified atom stereocenters. The zero-order valence-corrected chi connectivity index (χ0v) is 10.8. The largest absolute Gasteiger partial charge is 0.399 e. The molecule has 5 N–H and O–H groups in total. The maximum absolute atomic E-state index is 5.63. The van der Waals surface area contributed by atoms with Crippen LogP contribution in [-0.2, 0) is 0 Å². The first-order valence-corrected chi connectivity index (χ1v) is 5.69. The van der Waals surface area contributed by atoms with E-state index in [1.165, 1.54) is 0 Å². The molecule has 0 radical (unpaired) electrons. The van der Waals surface area contributed by atoms with Gasteiger partial charge in [0.15, 0.2) is 0 Å². The van der Waals surface area contributed by atoms with Crippen molar-refractivity contribution in [2.45, 2.75) is 13.8 Å². The van der Waals surface area contributed by atoms with E-state index in [2.05, 4.69) is 25.5 Å². The van der Waals surface area contributed by atoms with E-state index >= 15 is 0 Å². The lowest BCUT2D eigenvalue weighted by atomic mass is 10.1. The highest BCUT2D eigenvalue weighted by atomic mass is 15.4. The average Bonchev–Trinajstić information content (AvgIpc) is 2.36. The predicted octanol–water partition coefficient (Wildman–Crippen LogP) is 1.18. The minimum Gasteiger partial charge on any atom is -0.399 e. The van der Waals surface area contributed by atoms with Crippen LogP contribution < -0.4 is 16.9 Å². The van der Waals surface area contributed by atoms with Crippen LogP contribution in [0.4, 0.5) is 17.6 Å². The van der Waals surface area contributed by atoms with Crippen LogP contribution in [0.2, 0.25) is 0 Å². The second-order valence-electron chi connectivity index (χ2n) is 4.00. The summed E-state index contributed by atoms with van der Waals surface area (Å²) in [6.07, 6.45) is 0. The van der Waals surface area contributed by atoms with Crippen LogP contribution in [-0.4, -0.2) is 20.7 Å². The number of nitrogens with zero attached hydrogens (tertiary/aromatic N) is 4. The Labute approximate surface area is 110 Å². The molecule has 2 aromatic rings. The molecule has 0 saturated carbocycles. The summed E-state index contributed by atoms with van der Waals surface area (Å²) in [5.74, 6) is 1.02. The predicted molar refractivity (Wildman–Crippen MR) is 75.7 cm³/mol. The van der Waals surface area contributed by atoms with Crippen molar-refractivity contribution in [3.63, 3.8) is 0 Å². The number of nitrogens with one attached hydrogen (secondary N) is 1. The molecule has 0 spiro atoms. The number of benzene rings is 1. The monoisotopic (exact) mass is 257 g/mol. The van der Waals surface area contributed by atoms with Crippen molar-refractivity contribution in [1.82, 2.24) is 15.0 Å². The lowest BCUT2D eigenvalue weighted by Gasteiger charge is -2.04. The normalized spacial score (nSPS) is 11.4. The molecule has 1 heterocycles. The van der Waals surface area contributed by atoms with Gasteiger partial charge in [0, 0.05) is 5.69 Å². The summed E-state index contributed by atoms with van der Waals surface area (Å²) in [5.41, 5.74) is 16.4. The molecule has 0 fully saturated rings. The minimum absolute atomic E-state index is 0.162. The Morgan fingerprint density at radius 1 is 1.11 bits per heavy atom. The Morgan fingerprint density at radius 3 is 2.42 bits per heavy atom. The molecular weight excluding hydrogens is 242 g/mol. The van der Waals surface area contributed by atoms with Crippen LogP contribution >= 0.6 is 0 Å². The Morgan fingerprint density at radius 2 is 1.79 bits per heavy atom. The Balaban J connectivity index is 2.15. The van der Waals surface area contributed by atoms with Gasteiger partial charge < -0.3 is 11.5 Å². The molecule has 0 bridgehead atoms. The van der Waals surface area contributed by atoms with Crippen molar-refractivity contribution < 1.29 is 0 Å². The van der Waals surface area contributed by atoms with Gasteiger partial charge in [-0.1, -0.05) is 12.1 Å². The van der Waals surface area contributed by atoms with Gasteiger partial charge in [-0.25, -0.2) is 5.43 Å². The summed E-state index contributed by atoms with van der Waals surface area (Å²) in [7, 11) is 0. The molecule has 1 aromatic carbocycles. The summed E-state index contributed by atoms with van der Waals surface area (Å²) in [6, 6.07) is 7.42. The average molecular weight is 257 g/mol. The number of rotatable bonds is 3. The molecule has 19 heavy (non-hydrogen) atoms. The fourth-order valence-corrected chi connectivity index (χ4v) is 1.48. The second-order valence-corrected chi connectivity index (χ2v) is 4.00. The molecule has 1 aromatic heterocycles. The van der Waals surface area contributed by atoms with Gasteiger partial charge in [0.1, 0.15) is 5.82 Å². The summed E-state index contributed by atoms with van der Waals surface area (Å²) >= 11 is 0. The van der Waals surface area contributed by atoms with Gasteiger partial charge in [-0.3, -0.25) is 0 Å². The maximum Gasteiger partial charge on any atom is 0.248 e. The zero-order chi connectivity index (χ0) is 13.8. The summed E-state index contributed by atoms with van der Waals surface area (Å²) in [5, 5.41) is 4.19. The molecule has 7 heteroatoms. The van der Waals surface area contributed by atoms with Crippen LogP contribution in [0.25, 0.3) is 0 Å². The van der Waals surface area contributed by atoms with Crippen LogP contribution in [0, 0.1) is 6.92 Å². The molecule has 0 aliphatic rings. The highest BCUT2D eigenvalue weighted by Crippen LogP contribution is 2.07. The van der Waals surface area contributed by atoms with Crippen molar-refractivity contribution in [3.8, 4) is 0 Å². The van der Waals surface area contributed by atoms with Crippen molar-refractivity contribution in [1.29, 1.82) is 0 Å². The van der Waals surface area contributed by atoms with E-state index in [-0.39, 0.29) is 5.95 Å². The van der Waals surface area contributed by atoms with Gasteiger partial charge in [-0.2, -0.15) is 20.1 Å². The Kier molecular flexibility index (Phi) is 3.56. The second kappa shape index (κ2) is 5.30. The first-order valence-electron chi connectivity index (χ1n) is 5.69. The Hall–Kier alpha value is -2.70. The van der Waals surface area contributed by atoms with E-state index in [4.69, 9.17) is 11.5 Å². The molecule has 0 aliphatic carbocycles. The van der Waals surface area contributed by atoms with Gasteiger partial charge in [-0.05, 0) is 31.5 Å². The molecule has 2 rings (SSSR count). The maximum atomic E-state index is 5.63. The van der Waals surface area contributed by atoms with Crippen molar-refractivity contribution >= 4 is 23.3 Å². The van der Waals surface area contributed by atoms with Crippen molar-refractivity contribution in [3.05, 3.63) is 35.7 Å². The SMILES string of the molecule is CC(=NNc1nc(C)nc(N)n1)c1ccc(N)cc1. The molecule has 0 atom stereocenters. The minimum atomic E-state index is 0.162. The molecule has 0 amide bonds. The smallest absolute Gasteiger partial charge is 0.248 e. The van der Waals surface area contributed by atoms with Crippen LogP contribution in [0.1, 0.15) is 18.3 Å². The number of nitrogens with two attached hydrogens (primary N) is 2. The first kappa shape index (κ1) is 12.7. The van der Waals surface area contributed by atoms with Crippen LogP contribution in [0.15, 0.2) is 29.4 Å². The van der Waals surface area contributed by atoms with E-state index in [0.717, 1.165) is 11.3 Å². The number of hydrogen-bond donors (Lipinski definition) is 3. The number of hydrogen-bond acceptors (Lipinski definition) is 7. The lowest BCUT2D eigenvalue weighted by Crippen LogP contribution is -2.06. The van der Waals surface area contributed by atoms with E-state index in [0.29, 0.717) is 17.5 Å². The Bertz CT molecular complexity index is 584. The van der Waals surface area contributed by atoms with Gasteiger partial charge in [-0.15, -0.1) is 0 Å². The quantitative estimate of drug-likeness (QED) is 0.432. The van der Waals surface area contributed by atoms with Crippen LogP contribution in [0.5, 0.6) is 0 Å². The van der Waals surface area contributed by atoms with Gasteiger partial charge in [0.2, 0.25) is 11.9 Å². The highest BCUT2D eigenvalue weighted by Gasteiger charge is 2.01. The first-order chi connectivity index (χ1) is 9.04. The van der Waals surface area contributed by atoms with Gasteiger partial charge in [0.05, 0.1) is 5.71 Å². The summed E-state index contributed by atoms with van der Waals surface area (Å²) < 4.78 is 0. The lowest BCUT2D eigenvalue weighted by molar-refractivity contribution is 0.980. The third kappa shape index (κ3) is 3.38. The van der Waals surface area contributed by atoms with E-state index in [1.54, 1.807) is 6.92 Å². The number of nitrogen functional groups attached to an aromatic ring is 2. The number of aromatic nitrogens is 3. The zero-order valence-electron chi connectivity index (χ0n) is 10.8. The summed E-state index contributed by atoms with van der Waals surface area (Å²) in [4.78, 5) is 11.9. The third-order valence-corrected chi connectivity index (χ3v) is 2.42. The summed E-state index contributed by atoms with van der Waals surface area (Å²) in [6.45, 7) is 3.61. The molecule has 0 saturated heterocycles. The van der Waals surface area contributed by atoms with Gasteiger partial charge >= 0.3 is 0 Å². The highest BCUT2D eigenvalue weighted by molar-refractivity contribution is 5.99. The van der Waals surface area contributed by atoms with E-state index in [1.807, 2.05) is 31.2 Å². The van der Waals surface area contributed by atoms with Gasteiger partial charge in [0.25, 0.3) is 0 Å². The molecule has 7 nitrogen and oxygen atoms in total. The number of aryl methyl sites for hydroxylation is 1. The molecular formula is C12H15N7. The van der Waals surface area contributed by atoms with E-state index in [9.17, 15) is 0 Å². The fourth-order valence-electron chi connectivity index (χ4n) is 1.48. The number of hydrazone groups is 1.